The van der Waals surface area contributed by atoms with Crippen LogP contribution in [0.25, 0.3) is 0 Å². The van der Waals surface area contributed by atoms with Crippen molar-refractivity contribution in [3.63, 3.8) is 0 Å². The predicted octanol–water partition coefficient (Wildman–Crippen LogP) is 4.22. The highest BCUT2D eigenvalue weighted by atomic mass is 35.5. The van der Waals surface area contributed by atoms with Gasteiger partial charge in [-0.25, -0.2) is 8.78 Å². The van der Waals surface area contributed by atoms with Crippen LogP contribution in [0.5, 0.6) is 0 Å². The van der Waals surface area contributed by atoms with Gasteiger partial charge in [0.25, 0.3) is 0 Å². The average molecular weight is 297 g/mol. The van der Waals surface area contributed by atoms with Crippen molar-refractivity contribution in [2.24, 2.45) is 0 Å². The topological polar surface area (TPSA) is 37.3 Å². The van der Waals surface area contributed by atoms with Gasteiger partial charge in [0.05, 0.1) is 6.42 Å². The maximum atomic E-state index is 13.3. The van der Waals surface area contributed by atoms with Gasteiger partial charge in [-0.3, -0.25) is 4.79 Å². The first-order valence-electron chi connectivity index (χ1n) is 5.89. The zero-order valence-corrected chi connectivity index (χ0v) is 11.1. The van der Waals surface area contributed by atoms with Gasteiger partial charge in [-0.15, -0.1) is 0 Å². The van der Waals surface area contributed by atoms with Crippen molar-refractivity contribution in [1.29, 1.82) is 0 Å². The van der Waals surface area contributed by atoms with Gasteiger partial charge in [-0.2, -0.15) is 0 Å². The molecule has 0 saturated heterocycles. The molecule has 20 heavy (non-hydrogen) atoms. The molecule has 2 rings (SSSR count). The molecule has 0 aromatic heterocycles. The van der Waals surface area contributed by atoms with Crippen LogP contribution >= 0.6 is 11.6 Å². The standard InChI is InChI=1S/C15H11ClF2O2/c16-11-4-1-9(2-5-11)12(8-15(19)20)10-3-6-13(17)14(18)7-10/h1-7,12H,8H2,(H,19,20)/t12-/m0/s1. The SMILES string of the molecule is O=C(O)C[C@@H](c1ccc(Cl)cc1)c1ccc(F)c(F)c1. The summed E-state index contributed by atoms with van der Waals surface area (Å²) in [5, 5.41) is 9.51. The number of hydrogen-bond donors (Lipinski definition) is 1. The summed E-state index contributed by atoms with van der Waals surface area (Å²) in [5.74, 6) is -3.53. The Hall–Kier alpha value is -1.94. The van der Waals surface area contributed by atoms with Crippen molar-refractivity contribution in [1.82, 2.24) is 0 Å². The third-order valence-electron chi connectivity index (χ3n) is 3.00. The number of halogens is 3. The molecular formula is C15H11ClF2O2. The highest BCUT2D eigenvalue weighted by Gasteiger charge is 2.19. The minimum absolute atomic E-state index is 0.216. The molecule has 0 radical (unpaired) electrons. The molecule has 2 aromatic carbocycles. The fourth-order valence-corrected chi connectivity index (χ4v) is 2.15. The minimum Gasteiger partial charge on any atom is -0.481 e. The molecule has 2 aromatic rings. The summed E-state index contributed by atoms with van der Waals surface area (Å²) >= 11 is 5.79. The molecule has 0 aliphatic rings. The number of aliphatic carboxylic acids is 1. The fraction of sp³-hybridized carbons (Fsp3) is 0.133. The molecule has 5 heteroatoms. The summed E-state index contributed by atoms with van der Waals surface area (Å²) in [7, 11) is 0. The Morgan fingerprint density at radius 2 is 1.65 bits per heavy atom. The summed E-state index contributed by atoms with van der Waals surface area (Å²) in [6.45, 7) is 0. The average Bonchev–Trinajstić information content (AvgIpc) is 2.40. The van der Waals surface area contributed by atoms with E-state index in [4.69, 9.17) is 16.7 Å². The molecule has 0 spiro atoms. The van der Waals surface area contributed by atoms with E-state index >= 15 is 0 Å². The Labute approximate surface area is 119 Å². The van der Waals surface area contributed by atoms with Crippen LogP contribution in [-0.4, -0.2) is 11.1 Å². The molecule has 2 nitrogen and oxygen atoms in total. The van der Waals surface area contributed by atoms with Crippen LogP contribution in [0.4, 0.5) is 8.78 Å². The highest BCUT2D eigenvalue weighted by molar-refractivity contribution is 6.30. The first-order chi connectivity index (χ1) is 9.47. The number of rotatable bonds is 4. The molecule has 0 bridgehead atoms. The van der Waals surface area contributed by atoms with Crippen LogP contribution in [0, 0.1) is 11.6 Å². The summed E-state index contributed by atoms with van der Waals surface area (Å²) in [6, 6.07) is 10.0. The smallest absolute Gasteiger partial charge is 0.304 e. The summed E-state index contributed by atoms with van der Waals surface area (Å²) < 4.78 is 26.3. The quantitative estimate of drug-likeness (QED) is 0.917. The number of carboxylic acid groups (broad SMARTS) is 1. The Balaban J connectivity index is 2.43. The van der Waals surface area contributed by atoms with Gasteiger partial charge in [0.2, 0.25) is 0 Å². The second-order valence-electron chi connectivity index (χ2n) is 4.38. The van der Waals surface area contributed by atoms with Crippen molar-refractivity contribution in [2.45, 2.75) is 12.3 Å². The van der Waals surface area contributed by atoms with Crippen LogP contribution in [0.3, 0.4) is 0 Å². The van der Waals surface area contributed by atoms with Crippen molar-refractivity contribution in [3.8, 4) is 0 Å². The van der Waals surface area contributed by atoms with Gasteiger partial charge in [0.15, 0.2) is 11.6 Å². The van der Waals surface area contributed by atoms with E-state index in [-0.39, 0.29) is 6.42 Å². The number of carboxylic acids is 1. The molecule has 0 fully saturated rings. The zero-order chi connectivity index (χ0) is 14.7. The molecule has 0 aliphatic heterocycles. The third kappa shape index (κ3) is 3.33. The van der Waals surface area contributed by atoms with E-state index in [1.54, 1.807) is 24.3 Å². The lowest BCUT2D eigenvalue weighted by molar-refractivity contribution is -0.137. The minimum atomic E-state index is -1.02. The molecule has 1 atom stereocenters. The lowest BCUT2D eigenvalue weighted by atomic mass is 9.88. The number of carbonyl (C=O) groups is 1. The van der Waals surface area contributed by atoms with Crippen LogP contribution in [0.15, 0.2) is 42.5 Å². The third-order valence-corrected chi connectivity index (χ3v) is 3.25. The summed E-state index contributed by atoms with van der Waals surface area (Å²) in [5.41, 5.74) is 1.09. The van der Waals surface area contributed by atoms with E-state index in [1.165, 1.54) is 6.07 Å². The normalized spacial score (nSPS) is 12.2. The largest absolute Gasteiger partial charge is 0.481 e. The lowest BCUT2D eigenvalue weighted by Gasteiger charge is -2.16. The van der Waals surface area contributed by atoms with Gasteiger partial charge in [0, 0.05) is 10.9 Å². The fourth-order valence-electron chi connectivity index (χ4n) is 2.03. The molecule has 1 N–H and O–H groups in total. The van der Waals surface area contributed by atoms with Gasteiger partial charge >= 0.3 is 5.97 Å². The van der Waals surface area contributed by atoms with Crippen molar-refractivity contribution in [2.75, 3.05) is 0 Å². The first-order valence-corrected chi connectivity index (χ1v) is 6.27. The second-order valence-corrected chi connectivity index (χ2v) is 4.81. The number of hydrogen-bond acceptors (Lipinski definition) is 1. The van der Waals surface area contributed by atoms with E-state index in [9.17, 15) is 13.6 Å². The maximum absolute atomic E-state index is 13.3. The summed E-state index contributed by atoms with van der Waals surface area (Å²) in [6.07, 6.45) is -0.216. The van der Waals surface area contributed by atoms with E-state index in [1.807, 2.05) is 0 Å². The molecule has 0 unspecified atom stereocenters. The Kier molecular flexibility index (Phi) is 4.35. The molecule has 0 saturated carbocycles. The van der Waals surface area contributed by atoms with E-state index in [0.717, 1.165) is 12.1 Å². The van der Waals surface area contributed by atoms with Crippen molar-refractivity contribution >= 4 is 17.6 Å². The molecular weight excluding hydrogens is 286 g/mol. The molecule has 0 aliphatic carbocycles. The molecule has 0 heterocycles. The highest BCUT2D eigenvalue weighted by Crippen LogP contribution is 2.29. The maximum Gasteiger partial charge on any atom is 0.304 e. The Morgan fingerprint density at radius 1 is 1.05 bits per heavy atom. The molecule has 0 amide bonds. The lowest BCUT2D eigenvalue weighted by Crippen LogP contribution is -2.08. The van der Waals surface area contributed by atoms with E-state index in [2.05, 4.69) is 0 Å². The Morgan fingerprint density at radius 3 is 2.20 bits per heavy atom. The van der Waals surface area contributed by atoms with Gasteiger partial charge in [-0.05, 0) is 35.4 Å². The van der Waals surface area contributed by atoms with Gasteiger partial charge in [0.1, 0.15) is 0 Å². The van der Waals surface area contributed by atoms with Crippen molar-refractivity contribution < 1.29 is 18.7 Å². The second kappa shape index (κ2) is 6.01. The van der Waals surface area contributed by atoms with Crippen LogP contribution in [-0.2, 0) is 4.79 Å². The van der Waals surface area contributed by atoms with E-state index < -0.39 is 23.5 Å². The first kappa shape index (κ1) is 14.5. The summed E-state index contributed by atoms with van der Waals surface area (Å²) in [4.78, 5) is 11.0. The Bertz CT molecular complexity index is 626. The zero-order valence-electron chi connectivity index (χ0n) is 10.3. The monoisotopic (exact) mass is 296 g/mol. The van der Waals surface area contributed by atoms with Crippen LogP contribution in [0.2, 0.25) is 5.02 Å². The molecule has 104 valence electrons. The van der Waals surface area contributed by atoms with Gasteiger partial charge in [-0.1, -0.05) is 29.8 Å². The number of benzene rings is 2. The van der Waals surface area contributed by atoms with Crippen LogP contribution < -0.4 is 0 Å². The van der Waals surface area contributed by atoms with E-state index in [0.29, 0.717) is 16.1 Å². The van der Waals surface area contributed by atoms with Crippen LogP contribution in [0.1, 0.15) is 23.5 Å². The van der Waals surface area contributed by atoms with Crippen molar-refractivity contribution in [3.05, 3.63) is 70.2 Å². The predicted molar refractivity (Wildman–Crippen MR) is 71.9 cm³/mol. The van der Waals surface area contributed by atoms with Gasteiger partial charge < -0.3 is 5.11 Å².